The van der Waals surface area contributed by atoms with Crippen molar-refractivity contribution in [1.29, 1.82) is 5.26 Å². The Labute approximate surface area is 203 Å². The van der Waals surface area contributed by atoms with Gasteiger partial charge >= 0.3 is 0 Å². The molecule has 1 aromatic heterocycles. The Bertz CT molecular complexity index is 1280. The number of nitriles is 1. The van der Waals surface area contributed by atoms with Crippen LogP contribution in [0.5, 0.6) is 17.4 Å². The van der Waals surface area contributed by atoms with Gasteiger partial charge in [0, 0.05) is 16.8 Å². The highest BCUT2D eigenvalue weighted by Gasteiger charge is 2.35. The highest BCUT2D eigenvalue weighted by molar-refractivity contribution is 9.10. The molecule has 1 aliphatic heterocycles. The molecule has 1 unspecified atom stereocenters. The number of hydrogen-bond donors (Lipinski definition) is 2. The second kappa shape index (κ2) is 9.33. The van der Waals surface area contributed by atoms with E-state index in [-0.39, 0.29) is 28.6 Å². The molecule has 0 spiro atoms. The van der Waals surface area contributed by atoms with Crippen molar-refractivity contribution in [3.05, 3.63) is 79.5 Å². The number of allylic oxidation sites excluding steroid dienone is 1. The fourth-order valence-electron chi connectivity index (χ4n) is 3.70. The van der Waals surface area contributed by atoms with Gasteiger partial charge in [-0.25, -0.2) is 4.39 Å². The fraction of sp³-hybridized carbons (Fsp3) is 0.217. The van der Waals surface area contributed by atoms with Crippen LogP contribution in [0.1, 0.15) is 35.2 Å². The molecule has 0 aliphatic carbocycles. The third-order valence-electron chi connectivity index (χ3n) is 5.22. The normalized spacial score (nSPS) is 15.0. The minimum atomic E-state index is -0.525. The molecule has 2 aromatic carbocycles. The lowest BCUT2D eigenvalue weighted by atomic mass is 9.84. The van der Waals surface area contributed by atoms with Gasteiger partial charge in [0.05, 0.1) is 22.0 Å². The summed E-state index contributed by atoms with van der Waals surface area (Å²) in [5.41, 5.74) is 8.69. The number of halogens is 3. The number of fused-ring (bicyclic) bond motifs is 1. The minimum absolute atomic E-state index is 0.00916. The number of rotatable bonds is 6. The molecule has 3 aromatic rings. The summed E-state index contributed by atoms with van der Waals surface area (Å²) >= 11 is 9.66. The van der Waals surface area contributed by atoms with E-state index >= 15 is 0 Å². The Kier molecular flexibility index (Phi) is 6.49. The van der Waals surface area contributed by atoms with Gasteiger partial charge in [-0.15, -0.1) is 5.10 Å². The summed E-state index contributed by atoms with van der Waals surface area (Å²) in [4.78, 5) is 0. The lowest BCUT2D eigenvalue weighted by molar-refractivity contribution is 0.264. The SMILES string of the molecule is CCOc1cc(C2C(C#N)=C(N)Oc3n[nH]c(C)c32)cc(Br)c1OCc1c(F)cccc1Cl. The second-order valence-electron chi connectivity index (χ2n) is 7.24. The van der Waals surface area contributed by atoms with E-state index in [0.717, 1.165) is 11.3 Å². The van der Waals surface area contributed by atoms with Crippen LogP contribution >= 0.6 is 27.5 Å². The van der Waals surface area contributed by atoms with Crippen LogP contribution in [0.3, 0.4) is 0 Å². The zero-order valence-corrected chi connectivity index (χ0v) is 20.1. The van der Waals surface area contributed by atoms with Gasteiger partial charge in [-0.3, -0.25) is 5.10 Å². The first kappa shape index (κ1) is 23.0. The Morgan fingerprint density at radius 2 is 2.15 bits per heavy atom. The number of aromatic amines is 1. The highest BCUT2D eigenvalue weighted by atomic mass is 79.9. The average Bonchev–Trinajstić information content (AvgIpc) is 3.13. The molecule has 4 rings (SSSR count). The minimum Gasteiger partial charge on any atom is -0.490 e. The molecule has 0 bridgehead atoms. The summed E-state index contributed by atoms with van der Waals surface area (Å²) in [5, 5.41) is 17.1. The van der Waals surface area contributed by atoms with Crippen molar-refractivity contribution < 1.29 is 18.6 Å². The summed E-state index contributed by atoms with van der Waals surface area (Å²) < 4.78 is 32.0. The Hall–Kier alpha value is -3.22. The van der Waals surface area contributed by atoms with Gasteiger partial charge in [0.25, 0.3) is 0 Å². The van der Waals surface area contributed by atoms with Crippen LogP contribution in [-0.4, -0.2) is 16.8 Å². The topological polar surface area (TPSA) is 106 Å². The molecule has 3 N–H and O–H groups in total. The first-order valence-electron chi connectivity index (χ1n) is 10.00. The van der Waals surface area contributed by atoms with E-state index in [1.54, 1.807) is 18.2 Å². The number of aryl methyl sites for hydroxylation is 1. The third kappa shape index (κ3) is 4.24. The molecule has 1 atom stereocenters. The lowest BCUT2D eigenvalue weighted by Crippen LogP contribution is -2.21. The van der Waals surface area contributed by atoms with Gasteiger partial charge in [0.15, 0.2) is 11.5 Å². The number of nitrogens with zero attached hydrogens (tertiary/aromatic N) is 2. The molecule has 1 aliphatic rings. The van der Waals surface area contributed by atoms with Crippen molar-refractivity contribution in [2.75, 3.05) is 6.61 Å². The van der Waals surface area contributed by atoms with E-state index in [4.69, 9.17) is 31.5 Å². The largest absolute Gasteiger partial charge is 0.490 e. The predicted octanol–water partition coefficient (Wildman–Crippen LogP) is 5.47. The van der Waals surface area contributed by atoms with Gasteiger partial charge in [0.2, 0.25) is 11.8 Å². The van der Waals surface area contributed by atoms with Gasteiger partial charge in [-0.1, -0.05) is 17.7 Å². The molecule has 0 radical (unpaired) electrons. The van der Waals surface area contributed by atoms with E-state index in [2.05, 4.69) is 32.2 Å². The maximum absolute atomic E-state index is 14.2. The van der Waals surface area contributed by atoms with E-state index in [9.17, 15) is 9.65 Å². The van der Waals surface area contributed by atoms with Gasteiger partial charge in [-0.2, -0.15) is 5.26 Å². The van der Waals surface area contributed by atoms with Crippen molar-refractivity contribution >= 4 is 27.5 Å². The van der Waals surface area contributed by atoms with Crippen molar-refractivity contribution in [3.8, 4) is 23.4 Å². The van der Waals surface area contributed by atoms with Crippen molar-refractivity contribution in [1.82, 2.24) is 10.2 Å². The van der Waals surface area contributed by atoms with Gasteiger partial charge < -0.3 is 19.9 Å². The number of nitrogens with one attached hydrogen (secondary N) is 1. The Morgan fingerprint density at radius 1 is 1.36 bits per heavy atom. The van der Waals surface area contributed by atoms with Crippen LogP contribution in [0, 0.1) is 24.1 Å². The van der Waals surface area contributed by atoms with Crippen LogP contribution in [0.2, 0.25) is 5.02 Å². The van der Waals surface area contributed by atoms with Crippen LogP contribution in [0.25, 0.3) is 0 Å². The molecular formula is C23H19BrClFN4O3. The number of benzene rings is 2. The lowest BCUT2D eigenvalue weighted by Gasteiger charge is -2.25. The number of hydrogen-bond acceptors (Lipinski definition) is 6. The highest BCUT2D eigenvalue weighted by Crippen LogP contribution is 2.47. The standard InChI is InChI=1S/C23H19BrClFN4O3/c1-3-31-18-8-12(20-13(9-27)22(28)33-23-19(20)11(2)29-30-23)7-15(24)21(18)32-10-14-16(25)5-4-6-17(14)26/h4-8,20H,3,10,28H2,1-2H3,(H,29,30). The van der Waals surface area contributed by atoms with E-state index in [1.165, 1.54) is 12.1 Å². The Balaban J connectivity index is 1.78. The molecule has 0 amide bonds. The molecule has 10 heteroatoms. The summed E-state index contributed by atoms with van der Waals surface area (Å²) in [7, 11) is 0. The van der Waals surface area contributed by atoms with Crippen molar-refractivity contribution in [2.45, 2.75) is 26.4 Å². The quantitative estimate of drug-likeness (QED) is 0.435. The average molecular weight is 534 g/mol. The number of nitrogens with two attached hydrogens (primary N) is 1. The van der Waals surface area contributed by atoms with Gasteiger partial charge in [0.1, 0.15) is 24.1 Å². The van der Waals surface area contributed by atoms with Crippen molar-refractivity contribution in [3.63, 3.8) is 0 Å². The monoisotopic (exact) mass is 532 g/mol. The molecule has 7 nitrogen and oxygen atoms in total. The summed E-state index contributed by atoms with van der Waals surface area (Å²) in [5.74, 6) is 0.120. The first-order valence-corrected chi connectivity index (χ1v) is 11.2. The molecule has 2 heterocycles. The van der Waals surface area contributed by atoms with Gasteiger partial charge in [-0.05, 0) is 59.6 Å². The van der Waals surface area contributed by atoms with Crippen LogP contribution in [0.4, 0.5) is 4.39 Å². The van der Waals surface area contributed by atoms with Crippen LogP contribution in [0.15, 0.2) is 46.3 Å². The molecule has 0 fully saturated rings. The summed E-state index contributed by atoms with van der Waals surface area (Å²) in [6.07, 6.45) is 0. The maximum Gasteiger partial charge on any atom is 0.244 e. The predicted molar refractivity (Wildman–Crippen MR) is 124 cm³/mol. The first-order chi connectivity index (χ1) is 15.8. The van der Waals surface area contributed by atoms with Crippen LogP contribution < -0.4 is 19.9 Å². The zero-order chi connectivity index (χ0) is 23.7. The van der Waals surface area contributed by atoms with E-state index < -0.39 is 11.7 Å². The summed E-state index contributed by atoms with van der Waals surface area (Å²) in [6.45, 7) is 3.94. The number of H-pyrrole nitrogens is 1. The molecule has 0 saturated carbocycles. The smallest absolute Gasteiger partial charge is 0.244 e. The molecule has 0 saturated heterocycles. The third-order valence-corrected chi connectivity index (χ3v) is 6.16. The van der Waals surface area contributed by atoms with E-state index in [0.29, 0.717) is 34.0 Å². The van der Waals surface area contributed by atoms with E-state index in [1.807, 2.05) is 13.8 Å². The summed E-state index contributed by atoms with van der Waals surface area (Å²) in [6, 6.07) is 10.2. The molecule has 33 heavy (non-hydrogen) atoms. The maximum atomic E-state index is 14.2. The molecule has 170 valence electrons. The second-order valence-corrected chi connectivity index (χ2v) is 8.51. The number of aromatic nitrogens is 2. The fourth-order valence-corrected chi connectivity index (χ4v) is 4.50. The number of ether oxygens (including phenoxy) is 3. The van der Waals surface area contributed by atoms with Crippen molar-refractivity contribution in [2.24, 2.45) is 5.73 Å². The zero-order valence-electron chi connectivity index (χ0n) is 17.7. The van der Waals surface area contributed by atoms with Crippen LogP contribution in [-0.2, 0) is 6.61 Å². The Morgan fingerprint density at radius 3 is 2.85 bits per heavy atom. The molecular weight excluding hydrogens is 515 g/mol.